The minimum atomic E-state index is 0.477. The number of benzene rings is 2. The summed E-state index contributed by atoms with van der Waals surface area (Å²) >= 11 is 0. The van der Waals surface area contributed by atoms with Crippen molar-refractivity contribution in [1.29, 1.82) is 0 Å². The van der Waals surface area contributed by atoms with Gasteiger partial charge in [0.15, 0.2) is 0 Å². The lowest BCUT2D eigenvalue weighted by Crippen LogP contribution is -1.96. The highest BCUT2D eigenvalue weighted by atomic mass is 16.5. The fourth-order valence-electron chi connectivity index (χ4n) is 2.22. The van der Waals surface area contributed by atoms with Crippen molar-refractivity contribution in [1.82, 2.24) is 15.4 Å². The molecule has 0 saturated heterocycles. The predicted molar refractivity (Wildman–Crippen MR) is 79.8 cm³/mol. The highest BCUT2D eigenvalue weighted by molar-refractivity contribution is 5.93. The average molecular weight is 265 g/mol. The van der Waals surface area contributed by atoms with Crippen molar-refractivity contribution < 1.29 is 4.74 Å². The number of nitrogens with one attached hydrogen (secondary N) is 1. The van der Waals surface area contributed by atoms with Crippen LogP contribution >= 0.6 is 0 Å². The van der Waals surface area contributed by atoms with Gasteiger partial charge in [-0.25, -0.2) is 0 Å². The van der Waals surface area contributed by atoms with Crippen LogP contribution in [0.1, 0.15) is 5.56 Å². The summed E-state index contributed by atoms with van der Waals surface area (Å²) in [6, 6.07) is 12.1. The third kappa shape index (κ3) is 2.16. The normalized spacial score (nSPS) is 10.7. The van der Waals surface area contributed by atoms with Crippen molar-refractivity contribution in [3.63, 3.8) is 0 Å². The first-order valence-electron chi connectivity index (χ1n) is 6.44. The molecule has 0 bridgehead atoms. The van der Waals surface area contributed by atoms with Gasteiger partial charge in [0.1, 0.15) is 17.9 Å². The number of aromatic nitrogens is 3. The summed E-state index contributed by atoms with van der Waals surface area (Å²) in [5.41, 5.74) is 4.97. The molecule has 0 radical (unpaired) electrons. The topological polar surface area (TPSA) is 50.8 Å². The maximum absolute atomic E-state index is 5.74. The predicted octanol–water partition coefficient (Wildman–Crippen LogP) is 3.50. The van der Waals surface area contributed by atoms with Crippen LogP contribution in [-0.4, -0.2) is 22.0 Å². The third-order valence-electron chi connectivity index (χ3n) is 3.14. The Balaban J connectivity index is 2.19. The van der Waals surface area contributed by atoms with E-state index >= 15 is 0 Å². The van der Waals surface area contributed by atoms with Gasteiger partial charge in [0.25, 0.3) is 0 Å². The van der Waals surface area contributed by atoms with Crippen LogP contribution in [-0.2, 0) is 0 Å². The van der Waals surface area contributed by atoms with Crippen molar-refractivity contribution in [3.05, 3.63) is 54.6 Å². The molecule has 2 aromatic carbocycles. The molecule has 0 fully saturated rings. The number of hydrogen-bond donors (Lipinski definition) is 1. The van der Waals surface area contributed by atoms with Gasteiger partial charge in [-0.05, 0) is 25.1 Å². The smallest absolute Gasteiger partial charge is 0.127 e. The van der Waals surface area contributed by atoms with Gasteiger partial charge in [-0.15, -0.1) is 5.10 Å². The minimum Gasteiger partial charge on any atom is -0.489 e. The van der Waals surface area contributed by atoms with E-state index in [1.165, 1.54) is 5.56 Å². The molecule has 100 valence electrons. The zero-order chi connectivity index (χ0) is 13.9. The second kappa shape index (κ2) is 5.17. The molecule has 0 aliphatic carbocycles. The Bertz CT molecular complexity index is 761. The van der Waals surface area contributed by atoms with Crippen molar-refractivity contribution in [2.75, 3.05) is 6.61 Å². The largest absolute Gasteiger partial charge is 0.489 e. The highest BCUT2D eigenvalue weighted by Crippen LogP contribution is 2.34. The lowest BCUT2D eigenvalue weighted by molar-refractivity contribution is 0.364. The molecule has 0 spiro atoms. The molecule has 0 atom stereocenters. The van der Waals surface area contributed by atoms with Crippen LogP contribution in [0.25, 0.3) is 22.2 Å². The van der Waals surface area contributed by atoms with E-state index in [0.29, 0.717) is 6.61 Å². The molecule has 0 aliphatic rings. The maximum atomic E-state index is 5.74. The van der Waals surface area contributed by atoms with E-state index < -0.39 is 0 Å². The average Bonchev–Trinajstić information content (AvgIpc) is 2.94. The summed E-state index contributed by atoms with van der Waals surface area (Å²) in [4.78, 5) is 0. The van der Waals surface area contributed by atoms with E-state index in [0.717, 1.165) is 27.9 Å². The van der Waals surface area contributed by atoms with Crippen LogP contribution in [0.3, 0.4) is 0 Å². The Hall–Kier alpha value is -2.62. The summed E-state index contributed by atoms with van der Waals surface area (Å²) in [6.07, 6.45) is 1.74. The minimum absolute atomic E-state index is 0.477. The van der Waals surface area contributed by atoms with E-state index in [9.17, 15) is 0 Å². The van der Waals surface area contributed by atoms with Crippen LogP contribution in [0, 0.1) is 6.92 Å². The number of rotatable bonds is 4. The lowest BCUT2D eigenvalue weighted by Gasteiger charge is -2.11. The summed E-state index contributed by atoms with van der Waals surface area (Å²) in [5, 5.41) is 10.9. The first-order valence-corrected chi connectivity index (χ1v) is 6.44. The molecule has 1 aromatic heterocycles. The van der Waals surface area contributed by atoms with E-state index in [2.05, 4.69) is 35.0 Å². The molecule has 20 heavy (non-hydrogen) atoms. The van der Waals surface area contributed by atoms with E-state index in [4.69, 9.17) is 4.74 Å². The van der Waals surface area contributed by atoms with Gasteiger partial charge in [0, 0.05) is 11.1 Å². The zero-order valence-corrected chi connectivity index (χ0v) is 11.3. The van der Waals surface area contributed by atoms with Gasteiger partial charge in [-0.1, -0.05) is 41.6 Å². The summed E-state index contributed by atoms with van der Waals surface area (Å²) in [7, 11) is 0. The van der Waals surface area contributed by atoms with Gasteiger partial charge < -0.3 is 4.74 Å². The molecule has 1 heterocycles. The number of hydrogen-bond acceptors (Lipinski definition) is 3. The first-order chi connectivity index (χ1) is 9.79. The molecular formula is C16H15N3O. The molecule has 0 saturated carbocycles. The van der Waals surface area contributed by atoms with E-state index in [-0.39, 0.29) is 0 Å². The quantitative estimate of drug-likeness (QED) is 0.734. The van der Waals surface area contributed by atoms with Gasteiger partial charge in [0.2, 0.25) is 0 Å². The van der Waals surface area contributed by atoms with Crippen LogP contribution in [0.15, 0.2) is 49.1 Å². The Morgan fingerprint density at radius 2 is 2.15 bits per heavy atom. The zero-order valence-electron chi connectivity index (χ0n) is 11.3. The fraction of sp³-hybridized carbons (Fsp3) is 0.125. The Morgan fingerprint density at radius 3 is 3.00 bits per heavy atom. The first kappa shape index (κ1) is 12.4. The summed E-state index contributed by atoms with van der Waals surface area (Å²) in [5.74, 6) is 0.825. The second-order valence-electron chi connectivity index (χ2n) is 4.61. The maximum Gasteiger partial charge on any atom is 0.127 e. The Labute approximate surface area is 117 Å². The number of aryl methyl sites for hydroxylation is 1. The third-order valence-corrected chi connectivity index (χ3v) is 3.14. The Morgan fingerprint density at radius 1 is 1.25 bits per heavy atom. The molecule has 3 rings (SSSR count). The number of fused-ring (bicyclic) bond motifs is 1. The number of H-pyrrole nitrogens is 1. The van der Waals surface area contributed by atoms with Crippen LogP contribution in [0.5, 0.6) is 5.75 Å². The van der Waals surface area contributed by atoms with E-state index in [1.807, 2.05) is 30.3 Å². The fourth-order valence-corrected chi connectivity index (χ4v) is 2.22. The SMILES string of the molecule is C=CCOc1ccc(C)cc1-c1cccc2[nH]nnc12. The highest BCUT2D eigenvalue weighted by Gasteiger charge is 2.12. The van der Waals surface area contributed by atoms with Crippen LogP contribution in [0.4, 0.5) is 0 Å². The second-order valence-corrected chi connectivity index (χ2v) is 4.61. The molecule has 0 aliphatic heterocycles. The van der Waals surface area contributed by atoms with Crippen LogP contribution < -0.4 is 4.74 Å². The molecule has 4 heteroatoms. The van der Waals surface area contributed by atoms with E-state index in [1.54, 1.807) is 6.08 Å². The van der Waals surface area contributed by atoms with Gasteiger partial charge in [-0.2, -0.15) is 0 Å². The molecule has 3 aromatic rings. The monoisotopic (exact) mass is 265 g/mol. The number of ether oxygens (including phenoxy) is 1. The number of nitrogens with zero attached hydrogens (tertiary/aromatic N) is 2. The molecule has 4 nitrogen and oxygen atoms in total. The number of aromatic amines is 1. The molecule has 0 amide bonds. The van der Waals surface area contributed by atoms with Gasteiger partial charge in [0.05, 0.1) is 5.52 Å². The van der Waals surface area contributed by atoms with Crippen molar-refractivity contribution in [2.45, 2.75) is 6.92 Å². The van der Waals surface area contributed by atoms with Crippen molar-refractivity contribution in [2.24, 2.45) is 0 Å². The molecular weight excluding hydrogens is 250 g/mol. The molecule has 1 N–H and O–H groups in total. The summed E-state index contributed by atoms with van der Waals surface area (Å²) in [6.45, 7) is 6.22. The van der Waals surface area contributed by atoms with Crippen LogP contribution in [0.2, 0.25) is 0 Å². The van der Waals surface area contributed by atoms with Crippen molar-refractivity contribution in [3.8, 4) is 16.9 Å². The Kier molecular flexibility index (Phi) is 3.21. The summed E-state index contributed by atoms with van der Waals surface area (Å²) < 4.78 is 5.74. The van der Waals surface area contributed by atoms with Gasteiger partial charge in [-0.3, -0.25) is 5.10 Å². The lowest BCUT2D eigenvalue weighted by atomic mass is 10.0. The standard InChI is InChI=1S/C16H15N3O/c1-3-9-20-15-8-7-11(2)10-13(15)12-5-4-6-14-16(12)18-19-17-14/h3-8,10H,1,9H2,2H3,(H,17,18,19). The molecule has 0 unspecified atom stereocenters. The van der Waals surface area contributed by atoms with Gasteiger partial charge >= 0.3 is 0 Å². The van der Waals surface area contributed by atoms with Crippen molar-refractivity contribution >= 4 is 11.0 Å².